The molecule has 0 spiro atoms. The molecule has 1 heterocycles. The zero-order valence-electron chi connectivity index (χ0n) is 40.3. The number of H-pyrrole nitrogens is 1. The third kappa shape index (κ3) is 19.7. The second-order valence-electron chi connectivity index (χ2n) is 17.8. The number of amides is 8. The van der Waals surface area contributed by atoms with Crippen molar-refractivity contribution >= 4 is 65.9 Å². The number of esters is 1. The highest BCUT2D eigenvalue weighted by Crippen LogP contribution is 2.14. The lowest BCUT2D eigenvalue weighted by Crippen LogP contribution is -2.61. The number of nitrogens with one attached hydrogen (secondary N) is 7. The number of phenols is 1. The molecule has 0 bridgehead atoms. The number of benzene rings is 2. The first-order valence-corrected chi connectivity index (χ1v) is 23.6. The molecular weight excluding hydrogens is 943 g/mol. The molecule has 8 amide bonds. The van der Waals surface area contributed by atoms with Gasteiger partial charge in [0.05, 0.1) is 18.5 Å². The van der Waals surface area contributed by atoms with Crippen LogP contribution in [0.2, 0.25) is 0 Å². The van der Waals surface area contributed by atoms with Crippen molar-refractivity contribution in [3.05, 3.63) is 83.9 Å². The van der Waals surface area contributed by atoms with E-state index in [2.05, 4.69) is 54.5 Å². The van der Waals surface area contributed by atoms with Crippen molar-refractivity contribution in [1.82, 2.24) is 41.9 Å². The van der Waals surface area contributed by atoms with Gasteiger partial charge in [0.25, 0.3) is 5.91 Å². The topological polar surface area (TPSA) is 382 Å². The van der Waals surface area contributed by atoms with E-state index in [0.717, 1.165) is 0 Å². The van der Waals surface area contributed by atoms with Gasteiger partial charge in [-0.05, 0) is 61.3 Å². The largest absolute Gasteiger partial charge is 0.508 e. The fourth-order valence-electron chi connectivity index (χ4n) is 7.02. The Labute approximate surface area is 416 Å². The van der Waals surface area contributed by atoms with Crippen LogP contribution in [0.4, 0.5) is 0 Å². The quantitative estimate of drug-likeness (QED) is 0.0266. The van der Waals surface area contributed by atoms with Gasteiger partial charge < -0.3 is 69.0 Å². The number of rotatable bonds is 29. The summed E-state index contributed by atoms with van der Waals surface area (Å²) < 4.78 is 5.08. The van der Waals surface area contributed by atoms with Gasteiger partial charge in [0.1, 0.15) is 36.0 Å². The number of aromatic hydroxyl groups is 1. The van der Waals surface area contributed by atoms with Crippen LogP contribution in [-0.4, -0.2) is 134 Å². The van der Waals surface area contributed by atoms with Gasteiger partial charge in [-0.25, -0.2) is 9.78 Å². The van der Waals surface area contributed by atoms with Crippen LogP contribution in [0.5, 0.6) is 5.75 Å². The van der Waals surface area contributed by atoms with Crippen molar-refractivity contribution in [1.29, 1.82) is 0 Å². The summed E-state index contributed by atoms with van der Waals surface area (Å²) in [7, 11) is 0. The lowest BCUT2D eigenvalue weighted by atomic mass is 9.99. The van der Waals surface area contributed by atoms with E-state index in [1.807, 2.05) is 0 Å². The molecule has 2 aromatic carbocycles. The third-order valence-electron chi connectivity index (χ3n) is 10.9. The fourth-order valence-corrected chi connectivity index (χ4v) is 7.28. The van der Waals surface area contributed by atoms with Crippen molar-refractivity contribution < 1.29 is 58.1 Å². The Morgan fingerprint density at radius 3 is 1.76 bits per heavy atom. The number of hydrogen-bond donors (Lipinski definition) is 13. The first kappa shape index (κ1) is 58.3. The van der Waals surface area contributed by atoms with Crippen LogP contribution in [-0.2, 0) is 67.2 Å². The number of aliphatic hydroxyl groups excluding tert-OH is 1. The molecule has 0 saturated heterocycles. The molecule has 0 aliphatic carbocycles. The smallest absolute Gasteiger partial charge is 0.332 e. The molecule has 1 aromatic heterocycles. The Hall–Kier alpha value is -7.05. The molecule has 0 aliphatic heterocycles. The van der Waals surface area contributed by atoms with E-state index >= 15 is 0 Å². The Morgan fingerprint density at radius 1 is 0.676 bits per heavy atom. The second kappa shape index (κ2) is 28.6. The maximum Gasteiger partial charge on any atom is 0.332 e. The molecule has 3 rings (SSSR count). The number of hydrogen-bond acceptors (Lipinski definition) is 15. The third-order valence-corrected chi connectivity index (χ3v) is 11.3. The van der Waals surface area contributed by atoms with Gasteiger partial charge >= 0.3 is 5.97 Å². The van der Waals surface area contributed by atoms with Crippen molar-refractivity contribution in [2.24, 2.45) is 29.0 Å². The Bertz CT molecular complexity index is 2270. The number of imidazole rings is 1. The molecule has 71 heavy (non-hydrogen) atoms. The summed E-state index contributed by atoms with van der Waals surface area (Å²) in [5.74, 6) is -9.10. The van der Waals surface area contributed by atoms with Crippen LogP contribution >= 0.6 is 12.6 Å². The van der Waals surface area contributed by atoms with Crippen LogP contribution in [0, 0.1) is 11.8 Å². The van der Waals surface area contributed by atoms with Crippen molar-refractivity contribution in [2.75, 3.05) is 5.75 Å². The standard InChI is InChI=1S/C47H67N11O12S/c1-24(2)17-33(44(66)58-39(26(5)59)47(69)70-36(22-71)40(50)62)54-43(65)34(19-27-9-7-6-8-10-27)56-46(68)38(25(3)4)57-45(67)35(20-29-21-51-23-52-29)55-42(64)32(15-16-37(49)61)53-41(63)31(48)18-28-11-13-30(60)14-12-28/h6-14,21,23-26,31-36,38-39,59-60,71H,15-20,22,48H2,1-5H3,(H2,49,61)(H2,50,62)(H,51,52)(H,53,63)(H,54,65)(H,55,64)(H,56,68)(H,57,67)(H,58,66)/t26-,31+,32+,33+,34+,35+,36?,38+,39+/m1/s1. The van der Waals surface area contributed by atoms with Gasteiger partial charge in [-0.2, -0.15) is 12.6 Å². The van der Waals surface area contributed by atoms with E-state index in [1.165, 1.54) is 31.6 Å². The van der Waals surface area contributed by atoms with Crippen molar-refractivity contribution in [2.45, 2.75) is 128 Å². The average Bonchev–Trinajstić information content (AvgIpc) is 3.83. The van der Waals surface area contributed by atoms with E-state index < -0.39 is 114 Å². The maximum absolute atomic E-state index is 14.3. The van der Waals surface area contributed by atoms with E-state index in [1.54, 1.807) is 70.2 Å². The number of aromatic nitrogens is 2. The normalized spacial score (nSPS) is 15.0. The average molecular weight is 1010 g/mol. The van der Waals surface area contributed by atoms with Crippen LogP contribution in [0.15, 0.2) is 67.1 Å². The molecule has 388 valence electrons. The van der Waals surface area contributed by atoms with E-state index in [4.69, 9.17) is 21.9 Å². The van der Waals surface area contributed by atoms with Crippen LogP contribution in [0.25, 0.3) is 0 Å². The summed E-state index contributed by atoms with van der Waals surface area (Å²) in [5, 5.41) is 35.6. The molecule has 0 saturated carbocycles. The highest BCUT2D eigenvalue weighted by atomic mass is 32.1. The Balaban J connectivity index is 1.89. The lowest BCUT2D eigenvalue weighted by molar-refractivity contribution is -0.159. The minimum atomic E-state index is -1.69. The molecule has 23 nitrogen and oxygen atoms in total. The Kier molecular flexibility index (Phi) is 23.4. The summed E-state index contributed by atoms with van der Waals surface area (Å²) in [6, 6.07) is 4.87. The number of carbonyl (C=O) groups excluding carboxylic acids is 9. The molecular formula is C47H67N11O12S. The number of primary amides is 2. The molecule has 1 unspecified atom stereocenters. The first-order chi connectivity index (χ1) is 33.5. The van der Waals surface area contributed by atoms with Gasteiger partial charge in [-0.1, -0.05) is 70.2 Å². The summed E-state index contributed by atoms with van der Waals surface area (Å²) in [4.78, 5) is 127. The van der Waals surface area contributed by atoms with Gasteiger partial charge in [0.15, 0.2) is 12.1 Å². The van der Waals surface area contributed by atoms with Gasteiger partial charge in [0.2, 0.25) is 41.4 Å². The number of aromatic amines is 1. The molecule has 9 atom stereocenters. The number of nitrogens with zero attached hydrogens (tertiary/aromatic N) is 1. The predicted octanol–water partition coefficient (Wildman–Crippen LogP) is -1.95. The molecule has 0 fully saturated rings. The molecule has 0 aliphatic rings. The summed E-state index contributed by atoms with van der Waals surface area (Å²) in [6.07, 6.45) is -1.04. The van der Waals surface area contributed by atoms with E-state index in [9.17, 15) is 53.4 Å². The zero-order chi connectivity index (χ0) is 52.9. The number of nitrogens with two attached hydrogens (primary N) is 3. The Morgan fingerprint density at radius 2 is 1.21 bits per heavy atom. The van der Waals surface area contributed by atoms with Gasteiger partial charge in [0, 0.05) is 36.9 Å². The SMILES string of the molecule is CC(C)C[C@H](NC(=O)[C@H](Cc1ccccc1)NC(=O)[C@@H](NC(=O)[C@H](Cc1cnc[nH]1)NC(=O)[C@H](CCC(N)=O)NC(=O)[C@@H](N)Cc1ccc(O)cc1)C(C)C)C(=O)N[C@H](C(=O)OC(CS)C(N)=O)[C@@H](C)O. The predicted molar refractivity (Wildman–Crippen MR) is 261 cm³/mol. The van der Waals surface area contributed by atoms with Gasteiger partial charge in [-0.15, -0.1) is 0 Å². The van der Waals surface area contributed by atoms with Crippen LogP contribution in [0.3, 0.4) is 0 Å². The molecule has 3 aromatic rings. The number of ether oxygens (including phenoxy) is 1. The highest BCUT2D eigenvalue weighted by molar-refractivity contribution is 7.80. The molecule has 0 radical (unpaired) electrons. The lowest BCUT2D eigenvalue weighted by Gasteiger charge is -2.29. The van der Waals surface area contributed by atoms with Crippen molar-refractivity contribution in [3.8, 4) is 5.75 Å². The highest BCUT2D eigenvalue weighted by Gasteiger charge is 2.37. The number of aliphatic hydroxyl groups is 1. The minimum Gasteiger partial charge on any atom is -0.508 e. The van der Waals surface area contributed by atoms with E-state index in [-0.39, 0.29) is 55.9 Å². The summed E-state index contributed by atoms with van der Waals surface area (Å²) in [6.45, 7) is 8.00. The van der Waals surface area contributed by atoms with Crippen LogP contribution in [0.1, 0.15) is 70.7 Å². The summed E-state index contributed by atoms with van der Waals surface area (Å²) >= 11 is 3.95. The zero-order valence-corrected chi connectivity index (χ0v) is 41.1. The van der Waals surface area contributed by atoms with Crippen LogP contribution < -0.4 is 49.1 Å². The maximum atomic E-state index is 14.3. The summed E-state index contributed by atoms with van der Waals surface area (Å²) in [5.41, 5.74) is 18.4. The number of carbonyl (C=O) groups is 9. The van der Waals surface area contributed by atoms with Crippen molar-refractivity contribution in [3.63, 3.8) is 0 Å². The van der Waals surface area contributed by atoms with E-state index in [0.29, 0.717) is 16.8 Å². The fraction of sp³-hybridized carbons (Fsp3) is 0.489. The number of phenolic OH excluding ortho intramolecular Hbond substituents is 1. The van der Waals surface area contributed by atoms with Gasteiger partial charge in [-0.3, -0.25) is 38.4 Å². The number of thiol groups is 1. The minimum absolute atomic E-state index is 0.00944. The monoisotopic (exact) mass is 1010 g/mol. The first-order valence-electron chi connectivity index (χ1n) is 22.9. The second-order valence-corrected chi connectivity index (χ2v) is 18.2. The molecule has 15 N–H and O–H groups in total. The molecule has 24 heteroatoms.